The Morgan fingerprint density at radius 3 is 2.51 bits per heavy atom. The van der Waals surface area contributed by atoms with Crippen LogP contribution in [-0.4, -0.2) is 29.8 Å². The molecule has 3 aromatic rings. The lowest BCUT2D eigenvalue weighted by Crippen LogP contribution is -2.21. The molecule has 182 valence electrons. The van der Waals surface area contributed by atoms with Gasteiger partial charge in [0.1, 0.15) is 24.5 Å². The van der Waals surface area contributed by atoms with Crippen molar-refractivity contribution in [2.24, 2.45) is 5.92 Å². The zero-order valence-corrected chi connectivity index (χ0v) is 19.5. The third-order valence-corrected chi connectivity index (χ3v) is 6.89. The monoisotopic (exact) mass is 479 g/mol. The Morgan fingerprint density at radius 1 is 1.17 bits per heavy atom. The summed E-state index contributed by atoms with van der Waals surface area (Å²) >= 11 is 0. The molecular formula is C27H27F2N3O3. The van der Waals surface area contributed by atoms with Crippen LogP contribution in [0.1, 0.15) is 50.6 Å². The van der Waals surface area contributed by atoms with Crippen molar-refractivity contribution < 1.29 is 23.0 Å². The van der Waals surface area contributed by atoms with Gasteiger partial charge in [-0.1, -0.05) is 12.1 Å². The molecule has 2 aliphatic rings. The van der Waals surface area contributed by atoms with Crippen LogP contribution >= 0.6 is 0 Å². The minimum Gasteiger partial charge on any atom is -0.488 e. The Labute approximate surface area is 202 Å². The van der Waals surface area contributed by atoms with E-state index in [1.807, 2.05) is 25.1 Å². The molecule has 1 amide bonds. The Morgan fingerprint density at radius 2 is 1.91 bits per heavy atom. The van der Waals surface area contributed by atoms with E-state index in [1.54, 1.807) is 24.3 Å². The number of hydrogen-bond acceptors (Lipinski definition) is 4. The Hall–Kier alpha value is -3.60. The van der Waals surface area contributed by atoms with Gasteiger partial charge >= 0.3 is 6.09 Å². The van der Waals surface area contributed by atoms with Crippen LogP contribution in [0, 0.1) is 17.2 Å². The quantitative estimate of drug-likeness (QED) is 0.381. The molecule has 6 nitrogen and oxygen atoms in total. The first-order valence-electron chi connectivity index (χ1n) is 12.0. The van der Waals surface area contributed by atoms with Crippen molar-refractivity contribution in [3.05, 3.63) is 48.0 Å². The summed E-state index contributed by atoms with van der Waals surface area (Å²) in [6.07, 6.45) is 2.18. The summed E-state index contributed by atoms with van der Waals surface area (Å²) in [4.78, 5) is 12.2. The predicted molar refractivity (Wildman–Crippen MR) is 129 cm³/mol. The smallest absolute Gasteiger partial charge is 0.411 e. The Bertz CT molecular complexity index is 1270. The van der Waals surface area contributed by atoms with Gasteiger partial charge in [-0.25, -0.2) is 13.6 Å². The molecule has 8 heteroatoms. The first-order valence-corrected chi connectivity index (χ1v) is 12.0. The van der Waals surface area contributed by atoms with Gasteiger partial charge in [-0.15, -0.1) is 0 Å². The van der Waals surface area contributed by atoms with Gasteiger partial charge in [0.2, 0.25) is 0 Å². The molecule has 0 unspecified atom stereocenters. The Balaban J connectivity index is 1.46. The molecule has 1 aromatic heterocycles. The normalized spacial score (nSPS) is 16.5. The zero-order valence-electron chi connectivity index (χ0n) is 19.5. The third kappa shape index (κ3) is 4.81. The van der Waals surface area contributed by atoms with Gasteiger partial charge in [0.05, 0.1) is 16.8 Å². The van der Waals surface area contributed by atoms with Gasteiger partial charge in [0.15, 0.2) is 0 Å². The molecule has 1 N–H and O–H groups in total. The number of carbonyl (C=O) groups excluding carboxylic acids is 1. The molecular weight excluding hydrogens is 452 g/mol. The largest absolute Gasteiger partial charge is 0.488 e. The number of nitriles is 1. The van der Waals surface area contributed by atoms with Gasteiger partial charge in [0.25, 0.3) is 6.43 Å². The molecule has 0 spiro atoms. The standard InChI is InChI=1S/C27H27F2N3O3/c1-16(17-5-6-17)35-27(33)31-19-9-7-18(8-10-19)26-23(14-30)22-13-21(34-15-25(28)29)11-12-24(22)32(26)20-3-2-4-20/h7-13,16-17,20,25H,2-6,15H2,1H3,(H,31,33)/t16-/m1/s1. The predicted octanol–water partition coefficient (Wildman–Crippen LogP) is 6.90. The SMILES string of the molecule is C[C@@H](OC(=O)Nc1ccc(-c2c(C#N)c3cc(OCC(F)F)ccc3n2C2CCC2)cc1)C1CC1. The fraction of sp³-hybridized carbons (Fsp3) is 0.407. The first kappa shape index (κ1) is 23.2. The second-order valence-electron chi connectivity index (χ2n) is 9.32. The molecule has 5 rings (SSSR count). The summed E-state index contributed by atoms with van der Waals surface area (Å²) < 4.78 is 38.1. The summed E-state index contributed by atoms with van der Waals surface area (Å²) in [6.45, 7) is 1.22. The topological polar surface area (TPSA) is 76.3 Å². The summed E-state index contributed by atoms with van der Waals surface area (Å²) in [5.41, 5.74) is 3.59. The van der Waals surface area contributed by atoms with Gasteiger partial charge in [-0.05, 0) is 80.8 Å². The third-order valence-electron chi connectivity index (χ3n) is 6.89. The molecule has 0 radical (unpaired) electrons. The summed E-state index contributed by atoms with van der Waals surface area (Å²) in [5, 5.41) is 13.5. The highest BCUT2D eigenvalue weighted by atomic mass is 19.3. The number of aromatic nitrogens is 1. The molecule has 1 atom stereocenters. The summed E-state index contributed by atoms with van der Waals surface area (Å²) in [5.74, 6) is 0.771. The van der Waals surface area contributed by atoms with Crippen molar-refractivity contribution in [2.75, 3.05) is 11.9 Å². The average Bonchev–Trinajstić information content (AvgIpc) is 3.61. The Kier molecular flexibility index (Phi) is 6.33. The molecule has 0 bridgehead atoms. The molecule has 35 heavy (non-hydrogen) atoms. The van der Waals surface area contributed by atoms with Crippen molar-refractivity contribution in [1.82, 2.24) is 4.57 Å². The number of fused-ring (bicyclic) bond motifs is 1. The maximum Gasteiger partial charge on any atom is 0.411 e. The van der Waals surface area contributed by atoms with Crippen LogP contribution in [0.25, 0.3) is 22.2 Å². The van der Waals surface area contributed by atoms with Gasteiger partial charge in [-0.2, -0.15) is 5.26 Å². The van der Waals surface area contributed by atoms with E-state index in [1.165, 1.54) is 0 Å². The van der Waals surface area contributed by atoms with E-state index in [-0.39, 0.29) is 12.1 Å². The molecule has 1 heterocycles. The maximum absolute atomic E-state index is 12.6. The number of amides is 1. The highest BCUT2D eigenvalue weighted by Gasteiger charge is 2.31. The van der Waals surface area contributed by atoms with Crippen molar-refractivity contribution in [2.45, 2.75) is 57.6 Å². The molecule has 0 saturated heterocycles. The van der Waals surface area contributed by atoms with E-state index in [0.29, 0.717) is 28.3 Å². The maximum atomic E-state index is 12.6. The number of nitrogens with zero attached hydrogens (tertiary/aromatic N) is 2. The van der Waals surface area contributed by atoms with Crippen LogP contribution in [0.5, 0.6) is 5.75 Å². The lowest BCUT2D eigenvalue weighted by molar-refractivity contribution is 0.0819. The lowest BCUT2D eigenvalue weighted by atomic mass is 9.92. The van der Waals surface area contributed by atoms with E-state index in [9.17, 15) is 18.8 Å². The van der Waals surface area contributed by atoms with E-state index < -0.39 is 19.1 Å². The van der Waals surface area contributed by atoms with E-state index in [2.05, 4.69) is 16.0 Å². The number of ether oxygens (including phenoxy) is 2. The molecule has 0 aliphatic heterocycles. The van der Waals surface area contributed by atoms with E-state index in [4.69, 9.17) is 9.47 Å². The number of nitrogens with one attached hydrogen (secondary N) is 1. The van der Waals surface area contributed by atoms with E-state index >= 15 is 0 Å². The average molecular weight is 480 g/mol. The van der Waals surface area contributed by atoms with Crippen LogP contribution in [0.3, 0.4) is 0 Å². The molecule has 2 aliphatic carbocycles. The van der Waals surface area contributed by atoms with Crippen molar-refractivity contribution in [1.29, 1.82) is 5.26 Å². The minimum atomic E-state index is -2.57. The number of hydrogen-bond donors (Lipinski definition) is 1. The van der Waals surface area contributed by atoms with Crippen LogP contribution < -0.4 is 10.1 Å². The van der Waals surface area contributed by atoms with Crippen LogP contribution in [-0.2, 0) is 4.74 Å². The lowest BCUT2D eigenvalue weighted by Gasteiger charge is -2.30. The molecule has 2 saturated carbocycles. The van der Waals surface area contributed by atoms with Gasteiger partial charge in [0, 0.05) is 17.1 Å². The number of rotatable bonds is 8. The van der Waals surface area contributed by atoms with Crippen LogP contribution in [0.4, 0.5) is 19.3 Å². The van der Waals surface area contributed by atoms with Crippen molar-refractivity contribution in [3.63, 3.8) is 0 Å². The second-order valence-corrected chi connectivity index (χ2v) is 9.32. The molecule has 2 fully saturated rings. The van der Waals surface area contributed by atoms with Crippen LogP contribution in [0.2, 0.25) is 0 Å². The van der Waals surface area contributed by atoms with Crippen molar-refractivity contribution >= 4 is 22.7 Å². The van der Waals surface area contributed by atoms with Crippen molar-refractivity contribution in [3.8, 4) is 23.1 Å². The van der Waals surface area contributed by atoms with Gasteiger partial charge < -0.3 is 14.0 Å². The first-order chi connectivity index (χ1) is 16.9. The van der Waals surface area contributed by atoms with E-state index in [0.717, 1.165) is 48.9 Å². The number of benzene rings is 2. The van der Waals surface area contributed by atoms with Gasteiger partial charge in [-0.3, -0.25) is 5.32 Å². The number of alkyl halides is 2. The number of halogens is 2. The minimum absolute atomic E-state index is 0.0970. The van der Waals surface area contributed by atoms with Crippen LogP contribution in [0.15, 0.2) is 42.5 Å². The summed E-state index contributed by atoms with van der Waals surface area (Å²) in [6, 6.07) is 15.1. The molecule has 2 aromatic carbocycles. The number of carbonyl (C=O) groups is 1. The number of anilines is 1. The fourth-order valence-electron chi connectivity index (χ4n) is 4.65. The highest BCUT2D eigenvalue weighted by molar-refractivity contribution is 5.96. The highest BCUT2D eigenvalue weighted by Crippen LogP contribution is 2.43. The fourth-order valence-corrected chi connectivity index (χ4v) is 4.65. The zero-order chi connectivity index (χ0) is 24.5. The summed E-state index contributed by atoms with van der Waals surface area (Å²) in [7, 11) is 0. The second kappa shape index (κ2) is 9.57.